The number of nitrogens with two attached hydrogens (primary N) is 1. The van der Waals surface area contributed by atoms with Crippen molar-refractivity contribution in [2.24, 2.45) is 5.73 Å². The summed E-state index contributed by atoms with van der Waals surface area (Å²) in [4.78, 5) is 12.0. The fourth-order valence-electron chi connectivity index (χ4n) is 1.79. The van der Waals surface area contributed by atoms with Crippen molar-refractivity contribution in [3.8, 4) is 0 Å². The summed E-state index contributed by atoms with van der Waals surface area (Å²) in [6, 6.07) is 7.09. The van der Waals surface area contributed by atoms with E-state index >= 15 is 0 Å². The molecule has 0 aliphatic carbocycles. The average molecular weight is 280 g/mol. The van der Waals surface area contributed by atoms with E-state index in [1.807, 2.05) is 0 Å². The minimum Gasteiger partial charge on any atom is -0.389 e. The monoisotopic (exact) mass is 280 g/mol. The van der Waals surface area contributed by atoms with Crippen molar-refractivity contribution >= 4 is 28.8 Å². The molecule has 5 nitrogen and oxygen atoms in total. The molecule has 2 rings (SSSR count). The molecular weight excluding hydrogens is 264 g/mol. The Bertz CT molecular complexity index is 473. The van der Waals surface area contributed by atoms with Crippen LogP contribution in [0.2, 0.25) is 0 Å². The maximum absolute atomic E-state index is 11.7. The van der Waals surface area contributed by atoms with Gasteiger partial charge in [-0.3, -0.25) is 4.79 Å². The number of amides is 1. The number of nitrogens with one attached hydrogen (secondary N) is 1. The lowest BCUT2D eigenvalue weighted by Crippen LogP contribution is -2.23. The van der Waals surface area contributed by atoms with E-state index in [1.54, 1.807) is 24.3 Å². The number of ether oxygens (including phenoxy) is 2. The van der Waals surface area contributed by atoms with Crippen LogP contribution in [-0.2, 0) is 14.3 Å². The highest BCUT2D eigenvalue weighted by molar-refractivity contribution is 7.80. The lowest BCUT2D eigenvalue weighted by molar-refractivity contribution is -0.122. The molecule has 1 aromatic rings. The molecule has 0 bridgehead atoms. The Labute approximate surface area is 117 Å². The molecular formula is C13H16N2O3S. The molecule has 19 heavy (non-hydrogen) atoms. The summed E-state index contributed by atoms with van der Waals surface area (Å²) in [5.74, 6) is -0.202. The molecule has 1 fully saturated rings. The summed E-state index contributed by atoms with van der Waals surface area (Å²) in [5, 5.41) is 2.74. The molecule has 102 valence electrons. The molecule has 0 spiro atoms. The number of thiocarbonyl (C=S) groups is 1. The van der Waals surface area contributed by atoms with Crippen molar-refractivity contribution in [2.45, 2.75) is 12.5 Å². The zero-order valence-electron chi connectivity index (χ0n) is 10.4. The van der Waals surface area contributed by atoms with Crippen LogP contribution >= 0.6 is 12.2 Å². The Morgan fingerprint density at radius 1 is 1.58 bits per heavy atom. The number of benzene rings is 1. The second kappa shape index (κ2) is 6.60. The molecule has 1 atom stereocenters. The van der Waals surface area contributed by atoms with Crippen molar-refractivity contribution < 1.29 is 14.3 Å². The van der Waals surface area contributed by atoms with Crippen molar-refractivity contribution in [3.63, 3.8) is 0 Å². The Morgan fingerprint density at radius 3 is 3.11 bits per heavy atom. The van der Waals surface area contributed by atoms with Crippen LogP contribution in [-0.4, -0.2) is 36.8 Å². The molecule has 0 radical (unpaired) electrons. The van der Waals surface area contributed by atoms with Gasteiger partial charge in [-0.15, -0.1) is 0 Å². The zero-order valence-corrected chi connectivity index (χ0v) is 11.2. The fraction of sp³-hybridized carbons (Fsp3) is 0.385. The van der Waals surface area contributed by atoms with Crippen LogP contribution in [0.25, 0.3) is 0 Å². The normalized spacial score (nSPS) is 18.2. The first-order valence-electron chi connectivity index (χ1n) is 6.04. The van der Waals surface area contributed by atoms with Gasteiger partial charge in [-0.05, 0) is 18.6 Å². The van der Waals surface area contributed by atoms with Gasteiger partial charge in [0.25, 0.3) is 0 Å². The molecule has 1 aromatic carbocycles. The summed E-state index contributed by atoms with van der Waals surface area (Å²) >= 11 is 4.89. The highest BCUT2D eigenvalue weighted by atomic mass is 32.1. The maximum atomic E-state index is 11.7. The summed E-state index contributed by atoms with van der Waals surface area (Å²) in [6.07, 6.45) is 0.859. The van der Waals surface area contributed by atoms with E-state index in [9.17, 15) is 4.79 Å². The lowest BCUT2D eigenvalue weighted by atomic mass is 10.2. The van der Waals surface area contributed by atoms with Gasteiger partial charge in [0.05, 0.1) is 12.7 Å². The lowest BCUT2D eigenvalue weighted by Gasteiger charge is -2.10. The first-order chi connectivity index (χ1) is 9.15. The summed E-state index contributed by atoms with van der Waals surface area (Å²) in [6.45, 7) is 1.28. The zero-order chi connectivity index (χ0) is 13.7. The van der Waals surface area contributed by atoms with Gasteiger partial charge in [-0.2, -0.15) is 0 Å². The Kier molecular flexibility index (Phi) is 4.84. The van der Waals surface area contributed by atoms with Gasteiger partial charge in [0, 0.05) is 17.9 Å². The van der Waals surface area contributed by atoms with Gasteiger partial charge >= 0.3 is 0 Å². The third-order valence-electron chi connectivity index (χ3n) is 2.77. The smallest absolute Gasteiger partial charge is 0.250 e. The number of carbonyl (C=O) groups is 1. The maximum Gasteiger partial charge on any atom is 0.250 e. The fourth-order valence-corrected chi connectivity index (χ4v) is 1.91. The van der Waals surface area contributed by atoms with Gasteiger partial charge in [0.15, 0.2) is 0 Å². The molecule has 6 heteroatoms. The predicted molar refractivity (Wildman–Crippen MR) is 76.1 cm³/mol. The second-order valence-electron chi connectivity index (χ2n) is 4.29. The largest absolute Gasteiger partial charge is 0.389 e. The van der Waals surface area contributed by atoms with Crippen LogP contribution in [0.3, 0.4) is 0 Å². The molecule has 1 aliphatic rings. The Morgan fingerprint density at radius 2 is 2.42 bits per heavy atom. The number of rotatable bonds is 5. The molecule has 3 N–H and O–H groups in total. The van der Waals surface area contributed by atoms with Crippen molar-refractivity contribution in [3.05, 3.63) is 29.8 Å². The van der Waals surface area contributed by atoms with E-state index in [0.717, 1.165) is 12.0 Å². The first-order valence-corrected chi connectivity index (χ1v) is 6.45. The summed E-state index contributed by atoms with van der Waals surface area (Å²) in [5.41, 5.74) is 6.91. The van der Waals surface area contributed by atoms with Crippen LogP contribution in [0.5, 0.6) is 0 Å². The van der Waals surface area contributed by atoms with E-state index in [0.29, 0.717) is 23.9 Å². The van der Waals surface area contributed by atoms with Crippen molar-refractivity contribution in [1.29, 1.82) is 0 Å². The SMILES string of the molecule is NC(=S)c1cccc(NC(=O)COC2CCOC2)c1. The minimum atomic E-state index is -0.202. The first kappa shape index (κ1) is 13.9. The summed E-state index contributed by atoms with van der Waals surface area (Å²) in [7, 11) is 0. The molecule has 0 aromatic heterocycles. The quantitative estimate of drug-likeness (QED) is 0.789. The number of anilines is 1. The molecule has 1 unspecified atom stereocenters. The standard InChI is InChI=1S/C13H16N2O3S/c14-13(19)9-2-1-3-10(6-9)15-12(16)8-18-11-4-5-17-7-11/h1-3,6,11H,4-5,7-8H2,(H2,14,19)(H,15,16). The highest BCUT2D eigenvalue weighted by Crippen LogP contribution is 2.11. The molecule has 1 heterocycles. The van der Waals surface area contributed by atoms with Crippen LogP contribution in [0, 0.1) is 0 Å². The van der Waals surface area contributed by atoms with E-state index in [2.05, 4.69) is 5.32 Å². The van der Waals surface area contributed by atoms with Crippen LogP contribution < -0.4 is 11.1 Å². The van der Waals surface area contributed by atoms with Crippen molar-refractivity contribution in [1.82, 2.24) is 0 Å². The van der Waals surface area contributed by atoms with E-state index in [4.69, 9.17) is 27.4 Å². The van der Waals surface area contributed by atoms with Gasteiger partial charge in [0.1, 0.15) is 11.6 Å². The minimum absolute atomic E-state index is 0.0192. The molecule has 1 amide bonds. The van der Waals surface area contributed by atoms with E-state index in [-0.39, 0.29) is 18.6 Å². The third kappa shape index (κ3) is 4.27. The molecule has 0 saturated carbocycles. The Hall–Kier alpha value is -1.50. The molecule has 1 saturated heterocycles. The van der Waals surface area contributed by atoms with Crippen molar-refractivity contribution in [2.75, 3.05) is 25.1 Å². The van der Waals surface area contributed by atoms with Gasteiger partial charge in [-0.1, -0.05) is 24.4 Å². The topological polar surface area (TPSA) is 73.6 Å². The van der Waals surface area contributed by atoms with E-state index in [1.165, 1.54) is 0 Å². The van der Waals surface area contributed by atoms with Gasteiger partial charge in [-0.25, -0.2) is 0 Å². The third-order valence-corrected chi connectivity index (χ3v) is 3.00. The van der Waals surface area contributed by atoms with Gasteiger partial charge < -0.3 is 20.5 Å². The predicted octanol–water partition coefficient (Wildman–Crippen LogP) is 1.06. The number of hydrogen-bond acceptors (Lipinski definition) is 4. The van der Waals surface area contributed by atoms with Crippen LogP contribution in [0.15, 0.2) is 24.3 Å². The van der Waals surface area contributed by atoms with E-state index < -0.39 is 0 Å². The Balaban J connectivity index is 1.84. The number of hydrogen-bond donors (Lipinski definition) is 2. The number of carbonyl (C=O) groups excluding carboxylic acids is 1. The van der Waals surface area contributed by atoms with Crippen LogP contribution in [0.4, 0.5) is 5.69 Å². The summed E-state index contributed by atoms with van der Waals surface area (Å²) < 4.78 is 10.6. The highest BCUT2D eigenvalue weighted by Gasteiger charge is 2.17. The second-order valence-corrected chi connectivity index (χ2v) is 4.73. The van der Waals surface area contributed by atoms with Gasteiger partial charge in [0.2, 0.25) is 5.91 Å². The van der Waals surface area contributed by atoms with Crippen LogP contribution in [0.1, 0.15) is 12.0 Å². The molecule has 1 aliphatic heterocycles. The average Bonchev–Trinajstić information content (AvgIpc) is 2.90.